The first-order valence-electron chi connectivity index (χ1n) is 9.12. The fourth-order valence-electron chi connectivity index (χ4n) is 2.74. The number of carbonyl (C=O) groups excluding carboxylic acids is 1. The van der Waals surface area contributed by atoms with Gasteiger partial charge in [0.25, 0.3) is 0 Å². The van der Waals surface area contributed by atoms with Gasteiger partial charge >= 0.3 is 5.97 Å². The number of rotatable bonds is 9. The molecule has 0 unspecified atom stereocenters. The zero-order valence-corrected chi connectivity index (χ0v) is 16.2. The number of hydrogen-bond acceptors (Lipinski definition) is 5. The van der Waals surface area contributed by atoms with Gasteiger partial charge in [0, 0.05) is 5.38 Å². The lowest BCUT2D eigenvalue weighted by Gasteiger charge is -2.11. The van der Waals surface area contributed by atoms with E-state index in [2.05, 4.69) is 23.2 Å². The average molecular weight is 381 g/mol. The third kappa shape index (κ3) is 5.66. The van der Waals surface area contributed by atoms with Crippen molar-refractivity contribution in [3.63, 3.8) is 0 Å². The molecule has 1 aromatic heterocycles. The molecule has 0 saturated carbocycles. The Kier molecular flexibility index (Phi) is 6.99. The zero-order valence-electron chi connectivity index (χ0n) is 15.4. The van der Waals surface area contributed by atoms with Gasteiger partial charge in [0.1, 0.15) is 12.4 Å². The molecule has 0 amide bonds. The lowest BCUT2D eigenvalue weighted by molar-refractivity contribution is 0.0520. The highest BCUT2D eigenvalue weighted by Gasteiger charge is 2.11. The molecule has 0 bridgehead atoms. The highest BCUT2D eigenvalue weighted by molar-refractivity contribution is 7.09. The Morgan fingerprint density at radius 1 is 1.04 bits per heavy atom. The van der Waals surface area contributed by atoms with E-state index in [1.807, 2.05) is 36.4 Å². The molecule has 2 aromatic carbocycles. The van der Waals surface area contributed by atoms with Crippen LogP contribution in [0.25, 0.3) is 0 Å². The van der Waals surface area contributed by atoms with E-state index in [0.717, 1.165) is 35.6 Å². The van der Waals surface area contributed by atoms with Gasteiger partial charge in [-0.3, -0.25) is 0 Å². The number of esters is 1. The first kappa shape index (κ1) is 19.1. The third-order valence-electron chi connectivity index (χ3n) is 4.08. The number of thiazole rings is 1. The number of hydrogen-bond donors (Lipinski definition) is 0. The molecule has 0 saturated heterocycles. The summed E-state index contributed by atoms with van der Waals surface area (Å²) in [5.41, 5.74) is 2.75. The molecular weight excluding hydrogens is 358 g/mol. The number of aromatic nitrogens is 1. The van der Waals surface area contributed by atoms with Crippen molar-refractivity contribution in [2.75, 3.05) is 6.61 Å². The summed E-state index contributed by atoms with van der Waals surface area (Å²) in [6.07, 6.45) is 2.68. The van der Waals surface area contributed by atoms with Gasteiger partial charge in [-0.2, -0.15) is 0 Å². The van der Waals surface area contributed by atoms with Crippen LogP contribution in [0.3, 0.4) is 0 Å². The lowest BCUT2D eigenvalue weighted by Crippen LogP contribution is -2.05. The zero-order chi connectivity index (χ0) is 18.9. The van der Waals surface area contributed by atoms with Crippen molar-refractivity contribution in [2.45, 2.75) is 32.8 Å². The van der Waals surface area contributed by atoms with Crippen LogP contribution in [0.15, 0.2) is 60.0 Å². The SMILES string of the molecule is CCOC(=O)c1csc(CCCc2ccccc2OCc2ccccc2)n1. The van der Waals surface area contributed by atoms with Crippen molar-refractivity contribution in [3.8, 4) is 5.75 Å². The van der Waals surface area contributed by atoms with Crippen LogP contribution in [-0.4, -0.2) is 17.6 Å². The first-order chi connectivity index (χ1) is 13.3. The predicted molar refractivity (Wildman–Crippen MR) is 107 cm³/mol. The molecule has 0 aliphatic rings. The van der Waals surface area contributed by atoms with Crippen molar-refractivity contribution >= 4 is 17.3 Å². The predicted octanol–water partition coefficient (Wildman–Crippen LogP) is 5.07. The molecule has 5 heteroatoms. The number of aryl methyl sites for hydroxylation is 2. The van der Waals surface area contributed by atoms with Crippen LogP contribution in [0.1, 0.15) is 40.0 Å². The molecule has 4 nitrogen and oxygen atoms in total. The van der Waals surface area contributed by atoms with Crippen LogP contribution in [0.4, 0.5) is 0 Å². The molecule has 3 aromatic rings. The summed E-state index contributed by atoms with van der Waals surface area (Å²) in [5, 5.41) is 2.73. The molecule has 0 fully saturated rings. The summed E-state index contributed by atoms with van der Waals surface area (Å²) in [6.45, 7) is 2.72. The van der Waals surface area contributed by atoms with Crippen LogP contribution in [0, 0.1) is 0 Å². The Balaban J connectivity index is 1.53. The fraction of sp³-hybridized carbons (Fsp3) is 0.273. The second kappa shape index (κ2) is 9.88. The molecule has 0 atom stereocenters. The van der Waals surface area contributed by atoms with E-state index >= 15 is 0 Å². The van der Waals surface area contributed by atoms with Crippen molar-refractivity contribution in [1.29, 1.82) is 0 Å². The van der Waals surface area contributed by atoms with E-state index in [-0.39, 0.29) is 5.97 Å². The molecular formula is C22H23NO3S. The van der Waals surface area contributed by atoms with Crippen LogP contribution < -0.4 is 4.74 Å². The quantitative estimate of drug-likeness (QED) is 0.485. The Hall–Kier alpha value is -2.66. The van der Waals surface area contributed by atoms with E-state index < -0.39 is 0 Å². The Bertz CT molecular complexity index is 861. The topological polar surface area (TPSA) is 48.4 Å². The Morgan fingerprint density at radius 3 is 2.63 bits per heavy atom. The van der Waals surface area contributed by atoms with Gasteiger partial charge in [-0.15, -0.1) is 11.3 Å². The van der Waals surface area contributed by atoms with Crippen LogP contribution in [0.5, 0.6) is 5.75 Å². The van der Waals surface area contributed by atoms with Gasteiger partial charge in [-0.25, -0.2) is 9.78 Å². The summed E-state index contributed by atoms with van der Waals surface area (Å²) in [7, 11) is 0. The molecule has 27 heavy (non-hydrogen) atoms. The average Bonchev–Trinajstić information content (AvgIpc) is 3.17. The monoisotopic (exact) mass is 381 g/mol. The van der Waals surface area contributed by atoms with E-state index in [1.54, 1.807) is 12.3 Å². The maximum atomic E-state index is 11.7. The summed E-state index contributed by atoms with van der Waals surface area (Å²) in [5.74, 6) is 0.576. The van der Waals surface area contributed by atoms with Crippen LogP contribution >= 0.6 is 11.3 Å². The number of benzene rings is 2. The summed E-state index contributed by atoms with van der Waals surface area (Å²) in [6, 6.07) is 18.3. The normalized spacial score (nSPS) is 10.6. The summed E-state index contributed by atoms with van der Waals surface area (Å²) >= 11 is 1.51. The van der Waals surface area contributed by atoms with Gasteiger partial charge in [0.2, 0.25) is 0 Å². The molecule has 0 aliphatic carbocycles. The molecule has 140 valence electrons. The van der Waals surface area contributed by atoms with E-state index in [4.69, 9.17) is 9.47 Å². The van der Waals surface area contributed by atoms with E-state index in [1.165, 1.54) is 16.9 Å². The van der Waals surface area contributed by atoms with Crippen molar-refractivity contribution in [2.24, 2.45) is 0 Å². The van der Waals surface area contributed by atoms with E-state index in [9.17, 15) is 4.79 Å². The number of nitrogens with zero attached hydrogens (tertiary/aromatic N) is 1. The summed E-state index contributed by atoms with van der Waals surface area (Å²) < 4.78 is 11.0. The number of carbonyl (C=O) groups is 1. The first-order valence-corrected chi connectivity index (χ1v) is 10.0. The smallest absolute Gasteiger partial charge is 0.357 e. The van der Waals surface area contributed by atoms with Gasteiger partial charge < -0.3 is 9.47 Å². The van der Waals surface area contributed by atoms with E-state index in [0.29, 0.717) is 18.9 Å². The molecule has 3 rings (SSSR count). The second-order valence-electron chi connectivity index (χ2n) is 6.08. The summed E-state index contributed by atoms with van der Waals surface area (Å²) in [4.78, 5) is 16.1. The second-order valence-corrected chi connectivity index (χ2v) is 7.03. The molecule has 0 spiro atoms. The molecule has 0 radical (unpaired) electrons. The maximum Gasteiger partial charge on any atom is 0.357 e. The molecule has 0 aliphatic heterocycles. The van der Waals surface area contributed by atoms with Crippen molar-refractivity contribution in [3.05, 3.63) is 81.8 Å². The van der Waals surface area contributed by atoms with Gasteiger partial charge in [-0.1, -0.05) is 48.5 Å². The minimum absolute atomic E-state index is 0.348. The Labute approximate surface area is 163 Å². The van der Waals surface area contributed by atoms with Gasteiger partial charge in [0.15, 0.2) is 5.69 Å². The maximum absolute atomic E-state index is 11.7. The van der Waals surface area contributed by atoms with Crippen LogP contribution in [0.2, 0.25) is 0 Å². The fourth-order valence-corrected chi connectivity index (χ4v) is 3.55. The highest BCUT2D eigenvalue weighted by Crippen LogP contribution is 2.22. The van der Waals surface area contributed by atoms with Gasteiger partial charge in [0.05, 0.1) is 11.6 Å². The Morgan fingerprint density at radius 2 is 1.81 bits per heavy atom. The van der Waals surface area contributed by atoms with Crippen LogP contribution in [-0.2, 0) is 24.2 Å². The molecule has 1 heterocycles. The minimum Gasteiger partial charge on any atom is -0.489 e. The van der Waals surface area contributed by atoms with Crippen molar-refractivity contribution < 1.29 is 14.3 Å². The highest BCUT2D eigenvalue weighted by atomic mass is 32.1. The minimum atomic E-state index is -0.348. The largest absolute Gasteiger partial charge is 0.489 e. The lowest BCUT2D eigenvalue weighted by atomic mass is 10.1. The standard InChI is InChI=1S/C22H23NO3S/c1-2-25-22(24)19-16-27-21(23-19)14-8-12-18-11-6-7-13-20(18)26-15-17-9-4-3-5-10-17/h3-7,9-11,13,16H,2,8,12,14-15H2,1H3. The number of ether oxygens (including phenoxy) is 2. The van der Waals surface area contributed by atoms with Crippen molar-refractivity contribution in [1.82, 2.24) is 4.98 Å². The third-order valence-corrected chi connectivity index (χ3v) is 4.99. The van der Waals surface area contributed by atoms with Gasteiger partial charge in [-0.05, 0) is 43.4 Å². The molecule has 0 N–H and O–H groups in total. The number of para-hydroxylation sites is 1.